The molecule has 0 rings (SSSR count). The van der Waals surface area contributed by atoms with Crippen molar-refractivity contribution in [1.29, 1.82) is 0 Å². The summed E-state index contributed by atoms with van der Waals surface area (Å²) in [5.74, 6) is -0.358. The lowest BCUT2D eigenvalue weighted by atomic mass is 10.2. The number of hydrogen-bond acceptors (Lipinski definition) is 3. The first-order valence-electron chi connectivity index (χ1n) is 3.79. The predicted molar refractivity (Wildman–Crippen MR) is 53.8 cm³/mol. The van der Waals surface area contributed by atoms with Gasteiger partial charge in [0.15, 0.2) is 0 Å². The fraction of sp³-hybridized carbons (Fsp3) is 0.833. The van der Waals surface area contributed by atoms with Crippen LogP contribution in [0.2, 0.25) is 0 Å². The Bertz CT molecular complexity index is 253. The van der Waals surface area contributed by atoms with Crippen molar-refractivity contribution in [3.05, 3.63) is 0 Å². The van der Waals surface area contributed by atoms with Crippen LogP contribution in [0.3, 0.4) is 0 Å². The number of hydrogen-bond donors (Lipinski definition) is 2. The minimum Gasteiger partial charge on any atom is -0.370 e. The highest BCUT2D eigenvalue weighted by Crippen LogP contribution is 1.95. The van der Waals surface area contributed by atoms with Crippen LogP contribution in [0.5, 0.6) is 0 Å². The number of nitrogens with two attached hydrogens (primary N) is 1. The van der Waals surface area contributed by atoms with Gasteiger partial charge >= 0.3 is 0 Å². The largest absolute Gasteiger partial charge is 0.370 e. The van der Waals surface area contributed by atoms with E-state index in [-0.39, 0.29) is 10.6 Å². The minimum atomic E-state index is -3.17. The van der Waals surface area contributed by atoms with Gasteiger partial charge in [-0.15, -0.1) is 0 Å². The van der Waals surface area contributed by atoms with Gasteiger partial charge in [0.25, 0.3) is 0 Å². The summed E-state index contributed by atoms with van der Waals surface area (Å²) in [5, 5.41) is 0. The van der Waals surface area contributed by atoms with Crippen LogP contribution in [0.15, 0.2) is 0 Å². The van der Waals surface area contributed by atoms with E-state index in [1.165, 1.54) is 0 Å². The summed E-state index contributed by atoms with van der Waals surface area (Å²) < 4.78 is 23.9. The summed E-state index contributed by atoms with van der Waals surface area (Å²) in [6.45, 7) is 0.348. The Morgan fingerprint density at radius 2 is 2.00 bits per heavy atom. The molecule has 5 nitrogen and oxygen atoms in total. The molecular weight excluding hydrogens is 260 g/mol. The maximum Gasteiger partial charge on any atom is 0.221 e. The highest BCUT2D eigenvalue weighted by molar-refractivity contribution is 9.10. The molecule has 78 valence electrons. The molecule has 0 atom stereocenters. The van der Waals surface area contributed by atoms with Crippen molar-refractivity contribution < 1.29 is 13.2 Å². The monoisotopic (exact) mass is 272 g/mol. The van der Waals surface area contributed by atoms with Crippen LogP contribution in [0.25, 0.3) is 0 Å². The lowest BCUT2D eigenvalue weighted by Gasteiger charge is -2.02. The number of amides is 1. The minimum absolute atomic E-state index is 0.101. The average molecular weight is 273 g/mol. The van der Waals surface area contributed by atoms with Crippen molar-refractivity contribution >= 4 is 31.9 Å². The first-order chi connectivity index (χ1) is 5.98. The van der Waals surface area contributed by atoms with Crippen molar-refractivity contribution in [2.75, 3.05) is 11.2 Å². The van der Waals surface area contributed by atoms with Crippen LogP contribution in [0.4, 0.5) is 0 Å². The third-order valence-electron chi connectivity index (χ3n) is 1.32. The van der Waals surface area contributed by atoms with Crippen molar-refractivity contribution in [3.63, 3.8) is 0 Å². The molecule has 1 amide bonds. The molecule has 0 fully saturated rings. The molecule has 0 saturated heterocycles. The summed E-state index contributed by atoms with van der Waals surface area (Å²) in [6, 6.07) is 0. The van der Waals surface area contributed by atoms with Gasteiger partial charge in [-0.3, -0.25) is 4.79 Å². The Morgan fingerprint density at radius 3 is 2.46 bits per heavy atom. The normalized spacial score (nSPS) is 11.5. The topological polar surface area (TPSA) is 89.3 Å². The molecule has 0 bridgehead atoms. The summed E-state index contributed by atoms with van der Waals surface area (Å²) in [7, 11) is -3.17. The summed E-state index contributed by atoms with van der Waals surface area (Å²) in [4.78, 5) is 10.3. The number of alkyl halides is 1. The molecule has 0 aromatic heterocycles. The first-order valence-corrected chi connectivity index (χ1v) is 6.57. The molecular formula is C6H13BrN2O3S. The van der Waals surface area contributed by atoms with Crippen molar-refractivity contribution in [3.8, 4) is 0 Å². The van der Waals surface area contributed by atoms with Gasteiger partial charge < -0.3 is 5.73 Å². The zero-order valence-electron chi connectivity index (χ0n) is 7.12. The molecule has 0 aliphatic heterocycles. The van der Waals surface area contributed by atoms with Gasteiger partial charge in [0.2, 0.25) is 15.9 Å². The molecule has 0 unspecified atom stereocenters. The third kappa shape index (κ3) is 8.20. The van der Waals surface area contributed by atoms with E-state index in [9.17, 15) is 13.2 Å². The number of carbonyl (C=O) groups excluding carboxylic acids is 1. The van der Waals surface area contributed by atoms with Crippen LogP contribution in [0, 0.1) is 0 Å². The van der Waals surface area contributed by atoms with Gasteiger partial charge in [-0.25, -0.2) is 13.1 Å². The smallest absolute Gasteiger partial charge is 0.221 e. The quantitative estimate of drug-likeness (QED) is 0.502. The fourth-order valence-electron chi connectivity index (χ4n) is 0.690. The number of nitrogens with one attached hydrogen (secondary N) is 1. The molecule has 0 aromatic carbocycles. The highest BCUT2D eigenvalue weighted by atomic mass is 79.9. The Hall–Kier alpha value is -0.140. The molecule has 0 heterocycles. The maximum absolute atomic E-state index is 10.8. The van der Waals surface area contributed by atoms with Gasteiger partial charge in [0, 0.05) is 13.0 Å². The standard InChI is InChI=1S/C6H13BrN2O3S/c7-5-13(11,12)9-4-2-1-3-6(8)10/h9H,1-5H2,(H2,8,10). The summed E-state index contributed by atoms with van der Waals surface area (Å²) in [6.07, 6.45) is 1.53. The zero-order valence-corrected chi connectivity index (χ0v) is 9.53. The highest BCUT2D eigenvalue weighted by Gasteiger charge is 2.05. The summed E-state index contributed by atoms with van der Waals surface area (Å²) in [5.41, 5.74) is 4.90. The number of carbonyl (C=O) groups is 1. The third-order valence-corrected chi connectivity index (χ3v) is 4.06. The van der Waals surface area contributed by atoms with E-state index in [2.05, 4.69) is 20.7 Å². The molecule has 0 saturated carbocycles. The van der Waals surface area contributed by atoms with Crippen molar-refractivity contribution in [2.24, 2.45) is 5.73 Å². The first kappa shape index (κ1) is 12.9. The number of unbranched alkanes of at least 4 members (excludes halogenated alkanes) is 1. The molecule has 13 heavy (non-hydrogen) atoms. The van der Waals surface area contributed by atoms with Gasteiger partial charge in [0.1, 0.15) is 4.66 Å². The average Bonchev–Trinajstić information content (AvgIpc) is 2.03. The fourth-order valence-corrected chi connectivity index (χ4v) is 1.71. The van der Waals surface area contributed by atoms with Crippen LogP contribution >= 0.6 is 15.9 Å². The molecule has 0 aliphatic rings. The van der Waals surface area contributed by atoms with Crippen LogP contribution in [-0.2, 0) is 14.8 Å². The van der Waals surface area contributed by atoms with E-state index < -0.39 is 10.0 Å². The zero-order chi connectivity index (χ0) is 10.3. The van der Waals surface area contributed by atoms with E-state index in [0.717, 1.165) is 0 Å². The lowest BCUT2D eigenvalue weighted by Crippen LogP contribution is -2.25. The molecule has 7 heteroatoms. The Balaban J connectivity index is 3.42. The van der Waals surface area contributed by atoms with Gasteiger partial charge in [0.05, 0.1) is 0 Å². The van der Waals surface area contributed by atoms with Gasteiger partial charge in [-0.1, -0.05) is 15.9 Å². The van der Waals surface area contributed by atoms with E-state index >= 15 is 0 Å². The summed E-state index contributed by atoms with van der Waals surface area (Å²) >= 11 is 2.84. The predicted octanol–water partition coefficient (Wildman–Crippen LogP) is -0.0862. The van der Waals surface area contributed by atoms with Crippen molar-refractivity contribution in [2.45, 2.75) is 19.3 Å². The van der Waals surface area contributed by atoms with Gasteiger partial charge in [-0.2, -0.15) is 0 Å². The number of halogens is 1. The van der Waals surface area contributed by atoms with E-state index in [0.29, 0.717) is 25.8 Å². The molecule has 3 N–H and O–H groups in total. The number of primary amides is 1. The second-order valence-electron chi connectivity index (χ2n) is 2.54. The maximum atomic E-state index is 10.8. The second-order valence-corrected chi connectivity index (χ2v) is 5.65. The SMILES string of the molecule is NC(=O)CCCCNS(=O)(=O)CBr. The molecule has 0 spiro atoms. The van der Waals surface area contributed by atoms with Gasteiger partial charge in [-0.05, 0) is 12.8 Å². The number of rotatable bonds is 7. The van der Waals surface area contributed by atoms with Crippen LogP contribution in [0.1, 0.15) is 19.3 Å². The second kappa shape index (κ2) is 6.33. The Kier molecular flexibility index (Phi) is 6.27. The Morgan fingerprint density at radius 1 is 1.38 bits per heavy atom. The number of sulfonamides is 1. The van der Waals surface area contributed by atoms with Crippen LogP contribution < -0.4 is 10.5 Å². The Labute approximate surface area is 86.2 Å². The van der Waals surface area contributed by atoms with E-state index in [1.807, 2.05) is 0 Å². The molecule has 0 aromatic rings. The van der Waals surface area contributed by atoms with E-state index in [1.54, 1.807) is 0 Å². The van der Waals surface area contributed by atoms with Crippen molar-refractivity contribution in [1.82, 2.24) is 4.72 Å². The van der Waals surface area contributed by atoms with E-state index in [4.69, 9.17) is 5.73 Å². The lowest BCUT2D eigenvalue weighted by molar-refractivity contribution is -0.118. The van der Waals surface area contributed by atoms with Crippen LogP contribution in [-0.4, -0.2) is 25.5 Å². The molecule has 0 aliphatic carbocycles. The molecule has 0 radical (unpaired) electrons.